The molecule has 0 saturated carbocycles. The minimum absolute atomic E-state index is 0.00444. The van der Waals surface area contributed by atoms with Gasteiger partial charge in [0.1, 0.15) is 0 Å². The second kappa shape index (κ2) is 6.93. The van der Waals surface area contributed by atoms with Crippen LogP contribution < -0.4 is 5.32 Å². The van der Waals surface area contributed by atoms with E-state index in [1.54, 1.807) is 12.3 Å². The van der Waals surface area contributed by atoms with E-state index in [4.69, 9.17) is 0 Å². The van der Waals surface area contributed by atoms with E-state index in [2.05, 4.69) is 39.4 Å². The van der Waals surface area contributed by atoms with Gasteiger partial charge in [-0.1, -0.05) is 28.1 Å². The van der Waals surface area contributed by atoms with Crippen molar-refractivity contribution in [2.24, 2.45) is 0 Å². The molecule has 1 aliphatic carbocycles. The predicted molar refractivity (Wildman–Crippen MR) is 94.3 cm³/mol. The number of ketones is 1. The van der Waals surface area contributed by atoms with Crippen LogP contribution in [0, 0.1) is 0 Å². The predicted octanol–water partition coefficient (Wildman–Crippen LogP) is 5.14. The standard InChI is InChI=1S/C19H18BrNO/c20-16-10-8-15(9-11-16)19(22)12-13-21-18-7-3-5-14-4-1-2-6-17(14)18/h3,5,7-13,21H,1-2,4,6H2. The molecule has 2 nitrogen and oxygen atoms in total. The van der Waals surface area contributed by atoms with Crippen LogP contribution in [0.25, 0.3) is 0 Å². The second-order valence-corrected chi connectivity index (χ2v) is 6.41. The fourth-order valence-corrected chi connectivity index (χ4v) is 3.10. The van der Waals surface area contributed by atoms with Gasteiger partial charge in [0, 0.05) is 28.0 Å². The molecule has 3 heteroatoms. The summed E-state index contributed by atoms with van der Waals surface area (Å²) < 4.78 is 0.974. The Labute approximate surface area is 139 Å². The Hall–Kier alpha value is -1.87. The molecule has 0 unspecified atom stereocenters. The molecular weight excluding hydrogens is 338 g/mol. The van der Waals surface area contributed by atoms with Crippen molar-refractivity contribution >= 4 is 27.4 Å². The monoisotopic (exact) mass is 355 g/mol. The number of allylic oxidation sites excluding steroid dienone is 1. The molecule has 0 aliphatic heterocycles. The molecule has 22 heavy (non-hydrogen) atoms. The fourth-order valence-electron chi connectivity index (χ4n) is 2.83. The normalized spacial score (nSPS) is 13.9. The van der Waals surface area contributed by atoms with Crippen molar-refractivity contribution in [1.29, 1.82) is 0 Å². The molecule has 0 fully saturated rings. The summed E-state index contributed by atoms with van der Waals surface area (Å²) in [5.41, 5.74) is 4.65. The van der Waals surface area contributed by atoms with Gasteiger partial charge in [0.25, 0.3) is 0 Å². The van der Waals surface area contributed by atoms with E-state index in [9.17, 15) is 4.79 Å². The Bertz CT molecular complexity index is 704. The number of aryl methyl sites for hydroxylation is 1. The van der Waals surface area contributed by atoms with Crippen LogP contribution in [0.3, 0.4) is 0 Å². The fraction of sp³-hybridized carbons (Fsp3) is 0.211. The van der Waals surface area contributed by atoms with Crippen LogP contribution in [0.15, 0.2) is 59.2 Å². The highest BCUT2D eigenvalue weighted by atomic mass is 79.9. The van der Waals surface area contributed by atoms with Gasteiger partial charge in [0.2, 0.25) is 0 Å². The Balaban J connectivity index is 1.70. The highest BCUT2D eigenvalue weighted by molar-refractivity contribution is 9.10. The Morgan fingerprint density at radius 1 is 1.05 bits per heavy atom. The van der Waals surface area contributed by atoms with Crippen LogP contribution in [0.4, 0.5) is 5.69 Å². The molecule has 0 amide bonds. The van der Waals surface area contributed by atoms with Gasteiger partial charge in [-0.25, -0.2) is 0 Å². The lowest BCUT2D eigenvalue weighted by molar-refractivity contribution is 0.104. The van der Waals surface area contributed by atoms with Crippen molar-refractivity contribution in [2.45, 2.75) is 25.7 Å². The zero-order valence-electron chi connectivity index (χ0n) is 12.3. The summed E-state index contributed by atoms with van der Waals surface area (Å²) in [4.78, 5) is 12.1. The lowest BCUT2D eigenvalue weighted by atomic mass is 9.90. The number of rotatable bonds is 4. The third-order valence-electron chi connectivity index (χ3n) is 4.00. The van der Waals surface area contributed by atoms with Gasteiger partial charge in [-0.3, -0.25) is 4.79 Å². The first-order valence-corrected chi connectivity index (χ1v) is 8.37. The molecule has 1 aliphatic rings. The van der Waals surface area contributed by atoms with Crippen LogP contribution in [0.2, 0.25) is 0 Å². The molecule has 1 N–H and O–H groups in total. The van der Waals surface area contributed by atoms with E-state index in [0.29, 0.717) is 5.56 Å². The molecule has 0 spiro atoms. The Morgan fingerprint density at radius 2 is 1.82 bits per heavy atom. The van der Waals surface area contributed by atoms with E-state index in [-0.39, 0.29) is 5.78 Å². The summed E-state index contributed by atoms with van der Waals surface area (Å²) in [7, 11) is 0. The van der Waals surface area contributed by atoms with Crippen LogP contribution >= 0.6 is 15.9 Å². The molecule has 0 saturated heterocycles. The topological polar surface area (TPSA) is 29.1 Å². The summed E-state index contributed by atoms with van der Waals surface area (Å²) in [5.74, 6) is 0.00444. The van der Waals surface area contributed by atoms with Crippen molar-refractivity contribution < 1.29 is 4.79 Å². The van der Waals surface area contributed by atoms with Crippen molar-refractivity contribution in [3.05, 3.63) is 75.9 Å². The summed E-state index contributed by atoms with van der Waals surface area (Å²) in [5, 5.41) is 3.27. The van der Waals surface area contributed by atoms with Crippen LogP contribution in [0.1, 0.15) is 34.3 Å². The van der Waals surface area contributed by atoms with E-state index >= 15 is 0 Å². The molecule has 0 bridgehead atoms. The van der Waals surface area contributed by atoms with Gasteiger partial charge in [0.15, 0.2) is 5.78 Å². The first-order chi connectivity index (χ1) is 10.7. The number of halogens is 1. The number of hydrogen-bond acceptors (Lipinski definition) is 2. The number of carbonyl (C=O) groups excluding carboxylic acids is 1. The maximum Gasteiger partial charge on any atom is 0.187 e. The highest BCUT2D eigenvalue weighted by Gasteiger charge is 2.11. The van der Waals surface area contributed by atoms with Crippen LogP contribution in [-0.2, 0) is 12.8 Å². The summed E-state index contributed by atoms with van der Waals surface area (Å²) in [6.45, 7) is 0. The molecule has 0 atom stereocenters. The molecule has 2 aromatic carbocycles. The van der Waals surface area contributed by atoms with E-state index < -0.39 is 0 Å². The molecule has 112 valence electrons. The largest absolute Gasteiger partial charge is 0.361 e. The third kappa shape index (κ3) is 3.47. The number of carbonyl (C=O) groups is 1. The van der Waals surface area contributed by atoms with E-state index in [1.807, 2.05) is 24.3 Å². The van der Waals surface area contributed by atoms with Crippen molar-refractivity contribution in [2.75, 3.05) is 5.32 Å². The lowest BCUT2D eigenvalue weighted by Crippen LogP contribution is -2.06. The quantitative estimate of drug-likeness (QED) is 0.607. The van der Waals surface area contributed by atoms with Crippen molar-refractivity contribution in [3.63, 3.8) is 0 Å². The first kappa shape index (κ1) is 15.0. The van der Waals surface area contributed by atoms with Crippen molar-refractivity contribution in [3.8, 4) is 0 Å². The number of nitrogens with one attached hydrogen (secondary N) is 1. The number of benzene rings is 2. The first-order valence-electron chi connectivity index (χ1n) is 7.58. The summed E-state index contributed by atoms with van der Waals surface area (Å²) >= 11 is 3.37. The van der Waals surface area contributed by atoms with Gasteiger partial charge in [-0.15, -0.1) is 0 Å². The highest BCUT2D eigenvalue weighted by Crippen LogP contribution is 2.27. The van der Waals surface area contributed by atoms with Gasteiger partial charge < -0.3 is 5.32 Å². The molecule has 3 rings (SSSR count). The number of hydrogen-bond donors (Lipinski definition) is 1. The molecular formula is C19H18BrNO. The molecule has 2 aromatic rings. The molecule has 0 heterocycles. The molecule has 0 aromatic heterocycles. The van der Waals surface area contributed by atoms with Gasteiger partial charge in [-0.2, -0.15) is 0 Å². The van der Waals surface area contributed by atoms with Crippen LogP contribution in [-0.4, -0.2) is 5.78 Å². The average molecular weight is 356 g/mol. The van der Waals surface area contributed by atoms with Gasteiger partial charge in [-0.05, 0) is 67.1 Å². The van der Waals surface area contributed by atoms with Gasteiger partial charge in [0.05, 0.1) is 0 Å². The van der Waals surface area contributed by atoms with Gasteiger partial charge >= 0.3 is 0 Å². The Morgan fingerprint density at radius 3 is 2.64 bits per heavy atom. The SMILES string of the molecule is O=C(C=CNc1cccc2c1CCCC2)c1ccc(Br)cc1. The second-order valence-electron chi connectivity index (χ2n) is 5.50. The number of fused-ring (bicyclic) bond motifs is 1. The van der Waals surface area contributed by atoms with E-state index in [0.717, 1.165) is 23.0 Å². The zero-order valence-corrected chi connectivity index (χ0v) is 13.9. The average Bonchev–Trinajstić information content (AvgIpc) is 2.55. The third-order valence-corrected chi connectivity index (χ3v) is 4.53. The summed E-state index contributed by atoms with van der Waals surface area (Å²) in [6, 6.07) is 13.8. The maximum atomic E-state index is 12.1. The Kier molecular flexibility index (Phi) is 4.74. The minimum Gasteiger partial charge on any atom is -0.361 e. The summed E-state index contributed by atoms with van der Waals surface area (Å²) in [6.07, 6.45) is 8.13. The minimum atomic E-state index is 0.00444. The zero-order chi connectivity index (χ0) is 15.4. The lowest BCUT2D eigenvalue weighted by Gasteiger charge is -2.18. The van der Waals surface area contributed by atoms with Crippen molar-refractivity contribution in [1.82, 2.24) is 0 Å². The molecule has 0 radical (unpaired) electrons. The van der Waals surface area contributed by atoms with Crippen LogP contribution in [0.5, 0.6) is 0 Å². The number of anilines is 1. The smallest absolute Gasteiger partial charge is 0.187 e. The maximum absolute atomic E-state index is 12.1. The van der Waals surface area contributed by atoms with E-state index in [1.165, 1.54) is 24.0 Å².